The smallest absolute Gasteiger partial charge is 0.157 e. The van der Waals surface area contributed by atoms with Gasteiger partial charge in [-0.15, -0.1) is 0 Å². The molecule has 4 nitrogen and oxygen atoms in total. The summed E-state index contributed by atoms with van der Waals surface area (Å²) in [6.45, 7) is 4.20. The monoisotopic (exact) mass is 315 g/mol. The molecule has 0 spiro atoms. The Kier molecular flexibility index (Phi) is 3.79. The third-order valence-corrected chi connectivity index (χ3v) is 3.93. The van der Waals surface area contributed by atoms with Crippen LogP contribution in [0.5, 0.6) is 0 Å². The van der Waals surface area contributed by atoms with Crippen LogP contribution in [0, 0.1) is 5.41 Å². The van der Waals surface area contributed by atoms with Crippen molar-refractivity contribution in [3.05, 3.63) is 47.1 Å². The Morgan fingerprint density at radius 1 is 1.23 bits per heavy atom. The summed E-state index contributed by atoms with van der Waals surface area (Å²) < 4.78 is 0. The summed E-state index contributed by atoms with van der Waals surface area (Å²) in [6.07, 6.45) is 3.11. The molecular weight excluding hydrogens is 298 g/mol. The molecule has 1 aliphatic rings. The number of rotatable bonds is 3. The van der Waals surface area contributed by atoms with Crippen LogP contribution in [0.2, 0.25) is 5.02 Å². The van der Waals surface area contributed by atoms with Crippen LogP contribution in [0.3, 0.4) is 0 Å². The molecule has 0 radical (unpaired) electrons. The molecule has 1 heterocycles. The number of hydrogen-bond acceptors (Lipinski definition) is 3. The lowest BCUT2D eigenvalue weighted by molar-refractivity contribution is -0.117. The van der Waals surface area contributed by atoms with E-state index in [1.54, 1.807) is 6.08 Å². The van der Waals surface area contributed by atoms with Crippen LogP contribution in [0.1, 0.15) is 26.7 Å². The van der Waals surface area contributed by atoms with Crippen molar-refractivity contribution in [2.24, 2.45) is 5.41 Å². The number of halogens is 1. The summed E-state index contributed by atoms with van der Waals surface area (Å²) >= 11 is 5.90. The predicted octanol–water partition coefficient (Wildman–Crippen LogP) is 4.42. The minimum Gasteiger partial charge on any atom is -0.342 e. The van der Waals surface area contributed by atoms with Crippen molar-refractivity contribution in [1.29, 1.82) is 0 Å². The highest BCUT2D eigenvalue weighted by molar-refractivity contribution is 6.30. The Balaban J connectivity index is 1.77. The van der Waals surface area contributed by atoms with Crippen LogP contribution in [0.25, 0.3) is 11.3 Å². The zero-order valence-corrected chi connectivity index (χ0v) is 13.4. The van der Waals surface area contributed by atoms with Crippen LogP contribution in [0.15, 0.2) is 42.1 Å². The molecular formula is C17H18ClN3O. The van der Waals surface area contributed by atoms with Crippen LogP contribution in [0.4, 0.5) is 5.82 Å². The first-order chi connectivity index (χ1) is 10.4. The molecule has 22 heavy (non-hydrogen) atoms. The Bertz CT molecular complexity index is 729. The topological polar surface area (TPSA) is 57.8 Å². The second-order valence-corrected chi connectivity index (χ2v) is 6.89. The van der Waals surface area contributed by atoms with Crippen molar-refractivity contribution < 1.29 is 4.79 Å². The molecule has 2 aromatic rings. The van der Waals surface area contributed by atoms with Crippen molar-refractivity contribution in [3.8, 4) is 11.3 Å². The van der Waals surface area contributed by atoms with Crippen molar-refractivity contribution in [1.82, 2.24) is 10.2 Å². The Hall–Kier alpha value is -2.07. The molecule has 0 unspecified atom stereocenters. The number of hydrogen-bond donors (Lipinski definition) is 2. The normalized spacial score (nSPS) is 17.2. The fourth-order valence-corrected chi connectivity index (χ4v) is 2.88. The largest absolute Gasteiger partial charge is 0.342 e. The van der Waals surface area contributed by atoms with Gasteiger partial charge < -0.3 is 5.32 Å². The van der Waals surface area contributed by atoms with Crippen molar-refractivity contribution >= 4 is 23.2 Å². The number of nitrogens with zero attached hydrogens (tertiary/aromatic N) is 1. The molecule has 0 fully saturated rings. The third-order valence-electron chi connectivity index (χ3n) is 3.68. The van der Waals surface area contributed by atoms with E-state index in [0.717, 1.165) is 23.4 Å². The zero-order valence-electron chi connectivity index (χ0n) is 12.6. The molecule has 3 rings (SSSR count). The highest BCUT2D eigenvalue weighted by Crippen LogP contribution is 2.34. The summed E-state index contributed by atoms with van der Waals surface area (Å²) in [5, 5.41) is 11.2. The number of benzene rings is 1. The highest BCUT2D eigenvalue weighted by atomic mass is 35.5. The molecule has 0 bridgehead atoms. The zero-order chi connectivity index (χ0) is 15.7. The second-order valence-electron chi connectivity index (χ2n) is 6.45. The Morgan fingerprint density at radius 2 is 1.95 bits per heavy atom. The number of allylic oxidation sites excluding steroid dienone is 2. The summed E-state index contributed by atoms with van der Waals surface area (Å²) in [7, 11) is 0. The molecule has 2 N–H and O–H groups in total. The maximum absolute atomic E-state index is 11.8. The van der Waals surface area contributed by atoms with Gasteiger partial charge in [0.15, 0.2) is 11.6 Å². The van der Waals surface area contributed by atoms with E-state index in [0.29, 0.717) is 17.3 Å². The molecule has 1 aromatic heterocycles. The van der Waals surface area contributed by atoms with Gasteiger partial charge in [-0.1, -0.05) is 37.6 Å². The van der Waals surface area contributed by atoms with Crippen LogP contribution in [-0.4, -0.2) is 16.0 Å². The number of aromatic amines is 1. The lowest BCUT2D eigenvalue weighted by atomic mass is 9.79. The average Bonchev–Trinajstić information content (AvgIpc) is 2.85. The van der Waals surface area contributed by atoms with Gasteiger partial charge in [0.1, 0.15) is 0 Å². The third kappa shape index (κ3) is 3.39. The van der Waals surface area contributed by atoms with Crippen molar-refractivity contribution in [2.75, 3.05) is 5.32 Å². The van der Waals surface area contributed by atoms with Crippen LogP contribution < -0.4 is 5.32 Å². The van der Waals surface area contributed by atoms with Gasteiger partial charge in [0.2, 0.25) is 0 Å². The molecule has 5 heteroatoms. The molecule has 1 aliphatic carbocycles. The molecule has 0 aliphatic heterocycles. The lowest BCUT2D eigenvalue weighted by Crippen LogP contribution is -2.24. The highest BCUT2D eigenvalue weighted by Gasteiger charge is 2.27. The van der Waals surface area contributed by atoms with E-state index >= 15 is 0 Å². The van der Waals surface area contributed by atoms with Gasteiger partial charge in [-0.3, -0.25) is 9.89 Å². The maximum Gasteiger partial charge on any atom is 0.157 e. The van der Waals surface area contributed by atoms with Gasteiger partial charge in [-0.05, 0) is 29.5 Å². The van der Waals surface area contributed by atoms with Crippen LogP contribution in [-0.2, 0) is 4.79 Å². The van der Waals surface area contributed by atoms with E-state index in [9.17, 15) is 4.79 Å². The molecule has 114 valence electrons. The minimum atomic E-state index is -0.0104. The van der Waals surface area contributed by atoms with E-state index < -0.39 is 0 Å². The summed E-state index contributed by atoms with van der Waals surface area (Å²) in [5.41, 5.74) is 2.82. The fraction of sp³-hybridized carbons (Fsp3) is 0.294. The SMILES string of the molecule is CC1(C)CC(=O)C=C(Nc2cc(-c3ccc(Cl)cc3)[nH]n2)C1. The fourth-order valence-electron chi connectivity index (χ4n) is 2.75. The Morgan fingerprint density at radius 3 is 2.64 bits per heavy atom. The second kappa shape index (κ2) is 5.61. The summed E-state index contributed by atoms with van der Waals surface area (Å²) in [4.78, 5) is 11.8. The standard InChI is InChI=1S/C17H18ClN3O/c1-17(2)9-13(7-14(22)10-17)19-16-8-15(20-21-16)11-3-5-12(18)6-4-11/h3-8H,9-10H2,1-2H3,(H2,19,20,21). The molecule has 0 saturated heterocycles. The number of anilines is 1. The first kappa shape index (κ1) is 14.9. The van der Waals surface area contributed by atoms with Crippen molar-refractivity contribution in [2.45, 2.75) is 26.7 Å². The van der Waals surface area contributed by atoms with Crippen LogP contribution >= 0.6 is 11.6 Å². The Labute approximate surface area is 134 Å². The van der Waals surface area contributed by atoms with Gasteiger partial charge in [0.25, 0.3) is 0 Å². The lowest BCUT2D eigenvalue weighted by Gasteiger charge is -2.28. The van der Waals surface area contributed by atoms with E-state index in [-0.39, 0.29) is 11.2 Å². The maximum atomic E-state index is 11.8. The van der Waals surface area contributed by atoms with Gasteiger partial charge >= 0.3 is 0 Å². The molecule has 0 amide bonds. The minimum absolute atomic E-state index is 0.0104. The number of aromatic nitrogens is 2. The quantitative estimate of drug-likeness (QED) is 0.881. The van der Waals surface area contributed by atoms with Gasteiger partial charge in [-0.2, -0.15) is 5.10 Å². The van der Waals surface area contributed by atoms with Gasteiger partial charge in [-0.25, -0.2) is 0 Å². The molecule has 1 aromatic carbocycles. The molecule has 0 saturated carbocycles. The number of carbonyl (C=O) groups is 1. The average molecular weight is 316 g/mol. The number of ketones is 1. The number of carbonyl (C=O) groups excluding carboxylic acids is 1. The summed E-state index contributed by atoms with van der Waals surface area (Å²) in [6, 6.07) is 9.49. The first-order valence-corrected chi connectivity index (χ1v) is 7.61. The number of H-pyrrole nitrogens is 1. The predicted molar refractivity (Wildman–Crippen MR) is 88.8 cm³/mol. The summed E-state index contributed by atoms with van der Waals surface area (Å²) in [5.74, 6) is 0.869. The molecule has 0 atom stereocenters. The van der Waals surface area contributed by atoms with Gasteiger partial charge in [0, 0.05) is 29.3 Å². The van der Waals surface area contributed by atoms with Crippen molar-refractivity contribution in [3.63, 3.8) is 0 Å². The van der Waals surface area contributed by atoms with E-state index in [1.807, 2.05) is 30.3 Å². The van der Waals surface area contributed by atoms with E-state index in [1.165, 1.54) is 0 Å². The first-order valence-electron chi connectivity index (χ1n) is 7.23. The van der Waals surface area contributed by atoms with E-state index in [2.05, 4.69) is 29.4 Å². The van der Waals surface area contributed by atoms with E-state index in [4.69, 9.17) is 11.6 Å². The van der Waals surface area contributed by atoms with Gasteiger partial charge in [0.05, 0.1) is 5.69 Å². The number of nitrogens with one attached hydrogen (secondary N) is 2.